The molecule has 0 fully saturated rings. The second-order valence-corrected chi connectivity index (χ2v) is 5.27. The Hall–Kier alpha value is -3.41. The van der Waals surface area contributed by atoms with E-state index in [9.17, 15) is 5.11 Å². The summed E-state index contributed by atoms with van der Waals surface area (Å²) in [6, 6.07) is 14.8. The molecule has 4 rings (SSSR count). The maximum atomic E-state index is 10.1. The molecule has 118 valence electrons. The number of hydrogen-bond donors (Lipinski definition) is 2. The highest BCUT2D eigenvalue weighted by atomic mass is 16.5. The van der Waals surface area contributed by atoms with Crippen LogP contribution in [0.2, 0.25) is 0 Å². The van der Waals surface area contributed by atoms with Gasteiger partial charge in [0.05, 0.1) is 12.7 Å². The van der Waals surface area contributed by atoms with Crippen molar-refractivity contribution in [1.82, 2.24) is 20.2 Å². The SMILES string of the molecule is COc1ccc(O)c(-c2n[nH]c(-c3nccc4ccccc34)n2)c1. The van der Waals surface area contributed by atoms with Gasteiger partial charge in [-0.3, -0.25) is 10.1 Å². The predicted molar refractivity (Wildman–Crippen MR) is 90.8 cm³/mol. The number of phenols is 1. The first-order chi connectivity index (χ1) is 11.8. The fourth-order valence-corrected chi connectivity index (χ4v) is 2.62. The number of fused-ring (bicyclic) bond motifs is 1. The summed E-state index contributed by atoms with van der Waals surface area (Å²) >= 11 is 0. The summed E-state index contributed by atoms with van der Waals surface area (Å²) in [4.78, 5) is 8.91. The third-order valence-corrected chi connectivity index (χ3v) is 3.83. The smallest absolute Gasteiger partial charge is 0.185 e. The standard InChI is InChI=1S/C18H14N4O2/c1-24-12-6-7-15(23)14(10-12)17-20-18(22-21-17)16-13-5-3-2-4-11(13)8-9-19-16/h2-10,23H,1H3,(H,20,21,22). The van der Waals surface area contributed by atoms with Crippen molar-refractivity contribution in [2.75, 3.05) is 7.11 Å². The molecule has 0 aliphatic carbocycles. The van der Waals surface area contributed by atoms with Gasteiger partial charge in [-0.15, -0.1) is 0 Å². The Bertz CT molecular complexity index is 1020. The molecule has 0 bridgehead atoms. The molecule has 0 aliphatic heterocycles. The number of phenolic OH excluding ortho intramolecular Hbond substituents is 1. The maximum Gasteiger partial charge on any atom is 0.185 e. The molecule has 6 heteroatoms. The zero-order chi connectivity index (χ0) is 16.5. The molecular formula is C18H14N4O2. The van der Waals surface area contributed by atoms with E-state index in [-0.39, 0.29) is 5.75 Å². The van der Waals surface area contributed by atoms with Crippen LogP contribution in [0.15, 0.2) is 54.7 Å². The van der Waals surface area contributed by atoms with Crippen LogP contribution >= 0.6 is 0 Å². The molecule has 2 N–H and O–H groups in total. The Morgan fingerprint density at radius 3 is 2.83 bits per heavy atom. The molecule has 0 spiro atoms. The predicted octanol–water partition coefficient (Wildman–Crippen LogP) is 3.40. The van der Waals surface area contributed by atoms with Crippen molar-refractivity contribution in [3.05, 3.63) is 54.7 Å². The lowest BCUT2D eigenvalue weighted by Gasteiger charge is -2.04. The first-order valence-electron chi connectivity index (χ1n) is 7.40. The summed E-state index contributed by atoms with van der Waals surface area (Å²) in [6.45, 7) is 0. The normalized spacial score (nSPS) is 10.9. The number of aromatic amines is 1. The van der Waals surface area contributed by atoms with E-state index in [4.69, 9.17) is 4.74 Å². The van der Waals surface area contributed by atoms with E-state index in [1.54, 1.807) is 31.5 Å². The Morgan fingerprint density at radius 2 is 1.96 bits per heavy atom. The van der Waals surface area contributed by atoms with Crippen LogP contribution in [0.1, 0.15) is 0 Å². The van der Waals surface area contributed by atoms with Crippen molar-refractivity contribution in [1.29, 1.82) is 0 Å². The third kappa shape index (κ3) is 2.34. The monoisotopic (exact) mass is 318 g/mol. The van der Waals surface area contributed by atoms with Crippen LogP contribution < -0.4 is 4.74 Å². The molecule has 0 saturated heterocycles. The molecule has 0 unspecified atom stereocenters. The van der Waals surface area contributed by atoms with Crippen LogP contribution in [0.4, 0.5) is 0 Å². The second kappa shape index (κ2) is 5.66. The number of hydrogen-bond acceptors (Lipinski definition) is 5. The highest BCUT2D eigenvalue weighted by Crippen LogP contribution is 2.32. The summed E-state index contributed by atoms with van der Waals surface area (Å²) in [5, 5.41) is 19.2. The molecule has 2 aromatic carbocycles. The van der Waals surface area contributed by atoms with Crippen molar-refractivity contribution < 1.29 is 9.84 Å². The van der Waals surface area contributed by atoms with Crippen LogP contribution in [0.25, 0.3) is 33.7 Å². The minimum absolute atomic E-state index is 0.0900. The number of rotatable bonds is 3. The lowest BCUT2D eigenvalue weighted by atomic mass is 10.1. The molecule has 2 heterocycles. The molecule has 0 radical (unpaired) electrons. The number of pyridine rings is 1. The van der Waals surface area contributed by atoms with Crippen LogP contribution in [0.3, 0.4) is 0 Å². The fraction of sp³-hybridized carbons (Fsp3) is 0.0556. The second-order valence-electron chi connectivity index (χ2n) is 5.27. The topological polar surface area (TPSA) is 83.9 Å². The van der Waals surface area contributed by atoms with E-state index in [0.717, 1.165) is 10.8 Å². The van der Waals surface area contributed by atoms with Crippen LogP contribution in [-0.2, 0) is 0 Å². The van der Waals surface area contributed by atoms with Gasteiger partial charge in [0.2, 0.25) is 0 Å². The molecule has 0 saturated carbocycles. The maximum absolute atomic E-state index is 10.1. The number of ether oxygens (including phenoxy) is 1. The number of H-pyrrole nitrogens is 1. The highest BCUT2D eigenvalue weighted by molar-refractivity contribution is 5.93. The Labute approximate surface area is 137 Å². The van der Waals surface area contributed by atoms with Crippen molar-refractivity contribution in [3.63, 3.8) is 0 Å². The van der Waals surface area contributed by atoms with Crippen molar-refractivity contribution in [3.8, 4) is 34.4 Å². The van der Waals surface area contributed by atoms with Crippen LogP contribution in [0.5, 0.6) is 11.5 Å². The zero-order valence-corrected chi connectivity index (χ0v) is 12.9. The van der Waals surface area contributed by atoms with E-state index in [1.165, 1.54) is 0 Å². The van der Waals surface area contributed by atoms with Gasteiger partial charge in [0, 0.05) is 11.6 Å². The van der Waals surface area contributed by atoms with E-state index in [1.807, 2.05) is 30.3 Å². The molecule has 6 nitrogen and oxygen atoms in total. The average Bonchev–Trinajstić information content (AvgIpc) is 3.11. The molecule has 0 amide bonds. The first kappa shape index (κ1) is 14.2. The zero-order valence-electron chi connectivity index (χ0n) is 12.9. The number of nitrogens with zero attached hydrogens (tertiary/aromatic N) is 3. The van der Waals surface area contributed by atoms with Gasteiger partial charge in [-0.1, -0.05) is 24.3 Å². The number of aromatic hydroxyl groups is 1. The largest absolute Gasteiger partial charge is 0.507 e. The summed E-state index contributed by atoms with van der Waals surface area (Å²) in [5.41, 5.74) is 1.21. The van der Waals surface area contributed by atoms with Gasteiger partial charge in [-0.25, -0.2) is 4.98 Å². The molecule has 2 aromatic heterocycles. The summed E-state index contributed by atoms with van der Waals surface area (Å²) < 4.78 is 5.19. The van der Waals surface area contributed by atoms with E-state index in [0.29, 0.717) is 28.7 Å². The summed E-state index contributed by atoms with van der Waals surface area (Å²) in [6.07, 6.45) is 1.74. The molecule has 0 atom stereocenters. The number of benzene rings is 2. The summed E-state index contributed by atoms with van der Waals surface area (Å²) in [7, 11) is 1.57. The van der Waals surface area contributed by atoms with Gasteiger partial charge in [0.25, 0.3) is 0 Å². The van der Waals surface area contributed by atoms with Crippen LogP contribution in [-0.4, -0.2) is 32.4 Å². The lowest BCUT2D eigenvalue weighted by molar-refractivity contribution is 0.412. The molecular weight excluding hydrogens is 304 g/mol. The van der Waals surface area contributed by atoms with Gasteiger partial charge in [-0.2, -0.15) is 5.10 Å². The van der Waals surface area contributed by atoms with Gasteiger partial charge < -0.3 is 9.84 Å². The Balaban J connectivity index is 1.83. The minimum Gasteiger partial charge on any atom is -0.507 e. The number of nitrogens with one attached hydrogen (secondary N) is 1. The number of methoxy groups -OCH3 is 1. The van der Waals surface area contributed by atoms with Gasteiger partial charge in [-0.05, 0) is 29.7 Å². The van der Waals surface area contributed by atoms with E-state index in [2.05, 4.69) is 20.2 Å². The van der Waals surface area contributed by atoms with Crippen molar-refractivity contribution in [2.45, 2.75) is 0 Å². The molecule has 24 heavy (non-hydrogen) atoms. The van der Waals surface area contributed by atoms with Gasteiger partial charge >= 0.3 is 0 Å². The fourth-order valence-electron chi connectivity index (χ4n) is 2.62. The Morgan fingerprint density at radius 1 is 1.08 bits per heavy atom. The molecule has 4 aromatic rings. The van der Waals surface area contributed by atoms with Gasteiger partial charge in [0.1, 0.15) is 17.2 Å². The van der Waals surface area contributed by atoms with E-state index >= 15 is 0 Å². The Kier molecular flexibility index (Phi) is 3.35. The van der Waals surface area contributed by atoms with Crippen molar-refractivity contribution in [2.24, 2.45) is 0 Å². The van der Waals surface area contributed by atoms with Crippen LogP contribution in [0, 0.1) is 0 Å². The van der Waals surface area contributed by atoms with Gasteiger partial charge in [0.15, 0.2) is 11.6 Å². The highest BCUT2D eigenvalue weighted by Gasteiger charge is 2.14. The lowest BCUT2D eigenvalue weighted by Crippen LogP contribution is -1.88. The van der Waals surface area contributed by atoms with Crippen molar-refractivity contribution >= 4 is 10.8 Å². The first-order valence-corrected chi connectivity index (χ1v) is 7.40. The quantitative estimate of drug-likeness (QED) is 0.605. The molecule has 0 aliphatic rings. The third-order valence-electron chi connectivity index (χ3n) is 3.83. The van der Waals surface area contributed by atoms with E-state index < -0.39 is 0 Å². The minimum atomic E-state index is 0.0900. The number of aromatic nitrogens is 4. The average molecular weight is 318 g/mol. The summed E-state index contributed by atoms with van der Waals surface area (Å²) in [5.74, 6) is 1.64.